The zero-order valence-electron chi connectivity index (χ0n) is 11.4. The van der Waals surface area contributed by atoms with E-state index in [1.54, 1.807) is 7.05 Å². The molecular formula is C12H23N5. The Bertz CT molecular complexity index is 372. The summed E-state index contributed by atoms with van der Waals surface area (Å²) in [4.78, 5) is 4.18. The molecule has 0 saturated heterocycles. The van der Waals surface area contributed by atoms with Crippen LogP contribution in [0.1, 0.15) is 26.3 Å². The van der Waals surface area contributed by atoms with Crippen LogP contribution in [0.5, 0.6) is 0 Å². The fourth-order valence-electron chi connectivity index (χ4n) is 1.46. The number of hydrogen-bond donors (Lipinski definition) is 2. The molecule has 0 unspecified atom stereocenters. The van der Waals surface area contributed by atoms with E-state index in [-0.39, 0.29) is 5.54 Å². The molecule has 0 saturated carbocycles. The minimum atomic E-state index is 0.0240. The van der Waals surface area contributed by atoms with Crippen molar-refractivity contribution in [3.05, 3.63) is 18.0 Å². The summed E-state index contributed by atoms with van der Waals surface area (Å²) in [6.07, 6.45) is 4.86. The molecule has 1 aromatic heterocycles. The number of aryl methyl sites for hydroxylation is 1. The molecule has 0 fully saturated rings. The van der Waals surface area contributed by atoms with Crippen LogP contribution in [0, 0.1) is 0 Å². The van der Waals surface area contributed by atoms with Gasteiger partial charge < -0.3 is 10.6 Å². The molecule has 5 heteroatoms. The van der Waals surface area contributed by atoms with Gasteiger partial charge in [-0.1, -0.05) is 0 Å². The molecule has 0 atom stereocenters. The lowest BCUT2D eigenvalue weighted by atomic mass is 10.1. The van der Waals surface area contributed by atoms with Crippen molar-refractivity contribution < 1.29 is 0 Å². The summed E-state index contributed by atoms with van der Waals surface area (Å²) in [5, 5.41) is 10.7. The highest BCUT2D eigenvalue weighted by Crippen LogP contribution is 1.98. The average molecular weight is 237 g/mol. The molecule has 0 amide bonds. The highest BCUT2D eigenvalue weighted by molar-refractivity contribution is 5.80. The second-order valence-electron chi connectivity index (χ2n) is 5.15. The van der Waals surface area contributed by atoms with Gasteiger partial charge >= 0.3 is 0 Å². The van der Waals surface area contributed by atoms with Crippen LogP contribution in [-0.4, -0.2) is 34.9 Å². The van der Waals surface area contributed by atoms with E-state index in [1.165, 1.54) is 5.56 Å². The Kier molecular flexibility index (Phi) is 4.54. The molecule has 17 heavy (non-hydrogen) atoms. The smallest absolute Gasteiger partial charge is 0.191 e. The van der Waals surface area contributed by atoms with Gasteiger partial charge in [0, 0.05) is 32.4 Å². The molecular weight excluding hydrogens is 214 g/mol. The third kappa shape index (κ3) is 5.38. The first-order valence-electron chi connectivity index (χ1n) is 5.87. The van der Waals surface area contributed by atoms with E-state index in [0.717, 1.165) is 18.9 Å². The number of rotatable bonds is 3. The third-order valence-corrected chi connectivity index (χ3v) is 2.18. The van der Waals surface area contributed by atoms with Crippen LogP contribution in [0.2, 0.25) is 0 Å². The van der Waals surface area contributed by atoms with Gasteiger partial charge in [0.25, 0.3) is 0 Å². The second-order valence-corrected chi connectivity index (χ2v) is 5.15. The summed E-state index contributed by atoms with van der Waals surface area (Å²) < 4.78 is 1.82. The summed E-state index contributed by atoms with van der Waals surface area (Å²) in [6.45, 7) is 7.18. The molecule has 1 aromatic rings. The summed E-state index contributed by atoms with van der Waals surface area (Å²) in [5.41, 5.74) is 1.25. The van der Waals surface area contributed by atoms with Crippen molar-refractivity contribution in [2.24, 2.45) is 12.0 Å². The molecule has 2 N–H and O–H groups in total. The van der Waals surface area contributed by atoms with Crippen LogP contribution >= 0.6 is 0 Å². The van der Waals surface area contributed by atoms with Crippen molar-refractivity contribution >= 4 is 5.96 Å². The van der Waals surface area contributed by atoms with Crippen molar-refractivity contribution in [3.8, 4) is 0 Å². The van der Waals surface area contributed by atoms with Crippen LogP contribution in [-0.2, 0) is 13.5 Å². The highest BCUT2D eigenvalue weighted by atomic mass is 15.2. The molecule has 1 rings (SSSR count). The predicted octanol–water partition coefficient (Wildman–Crippen LogP) is 0.926. The van der Waals surface area contributed by atoms with Gasteiger partial charge in [-0.15, -0.1) is 0 Å². The third-order valence-electron chi connectivity index (χ3n) is 2.18. The van der Waals surface area contributed by atoms with E-state index in [0.29, 0.717) is 0 Å². The molecule has 0 aliphatic rings. The standard InChI is InChI=1S/C12H23N5/c1-12(2,3)16-11(13-4)14-7-6-10-8-15-17(5)9-10/h8-9H,6-7H2,1-5H3,(H2,13,14,16). The second kappa shape index (κ2) is 5.70. The number of aromatic nitrogens is 2. The predicted molar refractivity (Wildman–Crippen MR) is 71.2 cm³/mol. The fraction of sp³-hybridized carbons (Fsp3) is 0.667. The fourth-order valence-corrected chi connectivity index (χ4v) is 1.46. The SMILES string of the molecule is CN=C(NCCc1cnn(C)c1)NC(C)(C)C. The summed E-state index contributed by atoms with van der Waals surface area (Å²) in [5.74, 6) is 0.835. The van der Waals surface area contributed by atoms with Gasteiger partial charge in [-0.3, -0.25) is 9.67 Å². The van der Waals surface area contributed by atoms with Crippen LogP contribution in [0.15, 0.2) is 17.4 Å². The van der Waals surface area contributed by atoms with Gasteiger partial charge in [-0.05, 0) is 32.8 Å². The van der Waals surface area contributed by atoms with Crippen molar-refractivity contribution in [2.75, 3.05) is 13.6 Å². The quantitative estimate of drug-likeness (QED) is 0.607. The van der Waals surface area contributed by atoms with E-state index >= 15 is 0 Å². The molecule has 96 valence electrons. The number of hydrogen-bond acceptors (Lipinski definition) is 2. The Morgan fingerprint density at radius 1 is 1.47 bits per heavy atom. The first kappa shape index (κ1) is 13.5. The van der Waals surface area contributed by atoms with E-state index in [9.17, 15) is 0 Å². The van der Waals surface area contributed by atoms with Gasteiger partial charge in [-0.25, -0.2) is 0 Å². The molecule has 0 aromatic carbocycles. The van der Waals surface area contributed by atoms with Crippen LogP contribution < -0.4 is 10.6 Å². The monoisotopic (exact) mass is 237 g/mol. The lowest BCUT2D eigenvalue weighted by Gasteiger charge is -2.23. The normalized spacial score (nSPS) is 12.6. The first-order chi connectivity index (χ1) is 7.90. The lowest BCUT2D eigenvalue weighted by molar-refractivity contribution is 0.501. The summed E-state index contributed by atoms with van der Waals surface area (Å²) >= 11 is 0. The maximum absolute atomic E-state index is 4.18. The average Bonchev–Trinajstić information content (AvgIpc) is 2.61. The highest BCUT2D eigenvalue weighted by Gasteiger charge is 2.11. The number of nitrogens with zero attached hydrogens (tertiary/aromatic N) is 3. The molecule has 0 bridgehead atoms. The van der Waals surface area contributed by atoms with E-state index in [1.807, 2.05) is 24.1 Å². The minimum absolute atomic E-state index is 0.0240. The topological polar surface area (TPSA) is 54.2 Å². The van der Waals surface area contributed by atoms with Crippen molar-refractivity contribution in [1.29, 1.82) is 0 Å². The Hall–Kier alpha value is -1.52. The molecule has 1 heterocycles. The summed E-state index contributed by atoms with van der Waals surface area (Å²) in [6, 6.07) is 0. The Morgan fingerprint density at radius 3 is 2.65 bits per heavy atom. The maximum Gasteiger partial charge on any atom is 0.191 e. The molecule has 0 radical (unpaired) electrons. The first-order valence-corrected chi connectivity index (χ1v) is 5.87. The number of nitrogens with one attached hydrogen (secondary N) is 2. The van der Waals surface area contributed by atoms with Crippen molar-refractivity contribution in [2.45, 2.75) is 32.7 Å². The van der Waals surface area contributed by atoms with Crippen LogP contribution in [0.3, 0.4) is 0 Å². The van der Waals surface area contributed by atoms with E-state index in [2.05, 4.69) is 41.5 Å². The zero-order chi connectivity index (χ0) is 12.9. The Balaban J connectivity index is 2.34. The largest absolute Gasteiger partial charge is 0.356 e. The van der Waals surface area contributed by atoms with Crippen molar-refractivity contribution in [1.82, 2.24) is 20.4 Å². The van der Waals surface area contributed by atoms with E-state index in [4.69, 9.17) is 0 Å². The molecule has 0 spiro atoms. The molecule has 0 aliphatic carbocycles. The Morgan fingerprint density at radius 2 is 2.18 bits per heavy atom. The Labute approximate surface area is 103 Å². The minimum Gasteiger partial charge on any atom is -0.356 e. The number of aliphatic imine (C=N–C) groups is 1. The van der Waals surface area contributed by atoms with E-state index < -0.39 is 0 Å². The zero-order valence-corrected chi connectivity index (χ0v) is 11.4. The van der Waals surface area contributed by atoms with Gasteiger partial charge in [0.1, 0.15) is 0 Å². The summed E-state index contributed by atoms with van der Waals surface area (Å²) in [7, 11) is 3.71. The van der Waals surface area contributed by atoms with Crippen LogP contribution in [0.4, 0.5) is 0 Å². The van der Waals surface area contributed by atoms with Gasteiger partial charge in [-0.2, -0.15) is 5.10 Å². The van der Waals surface area contributed by atoms with Gasteiger partial charge in [0.15, 0.2) is 5.96 Å². The van der Waals surface area contributed by atoms with Crippen LogP contribution in [0.25, 0.3) is 0 Å². The molecule has 5 nitrogen and oxygen atoms in total. The maximum atomic E-state index is 4.18. The lowest BCUT2D eigenvalue weighted by Crippen LogP contribution is -2.47. The number of guanidine groups is 1. The van der Waals surface area contributed by atoms with Gasteiger partial charge in [0.2, 0.25) is 0 Å². The molecule has 0 aliphatic heterocycles. The van der Waals surface area contributed by atoms with Gasteiger partial charge in [0.05, 0.1) is 6.20 Å². The van der Waals surface area contributed by atoms with Crippen molar-refractivity contribution in [3.63, 3.8) is 0 Å².